The van der Waals surface area contributed by atoms with E-state index in [0.29, 0.717) is 24.2 Å². The standard InChI is InChI=1S/C19H18N4OS2/c1-2-7-15-14(6-1)20-19(26-15)13-5-3-9-23(11-13)12-17-21-22-18(24-17)16-8-4-10-25-16/h1-2,4,6-8,10,13H,3,5,9,11-12H2/t13-/m1/s1. The molecule has 26 heavy (non-hydrogen) atoms. The second-order valence-electron chi connectivity index (χ2n) is 6.57. The van der Waals surface area contributed by atoms with Gasteiger partial charge in [0.05, 0.1) is 26.6 Å². The Morgan fingerprint density at radius 3 is 3.00 bits per heavy atom. The third-order valence-electron chi connectivity index (χ3n) is 4.72. The number of para-hydroxylation sites is 1. The van der Waals surface area contributed by atoms with E-state index in [1.54, 1.807) is 11.3 Å². The van der Waals surface area contributed by atoms with Gasteiger partial charge in [-0.05, 0) is 43.0 Å². The van der Waals surface area contributed by atoms with Crippen molar-refractivity contribution < 1.29 is 4.42 Å². The molecule has 1 aliphatic rings. The average molecular weight is 383 g/mol. The van der Waals surface area contributed by atoms with E-state index in [9.17, 15) is 0 Å². The summed E-state index contributed by atoms with van der Waals surface area (Å²) in [5.74, 6) is 1.80. The van der Waals surface area contributed by atoms with Gasteiger partial charge in [0.15, 0.2) is 0 Å². The molecule has 1 aliphatic heterocycles. The summed E-state index contributed by atoms with van der Waals surface area (Å²) in [5.41, 5.74) is 1.11. The Labute approximate surface area is 159 Å². The zero-order valence-corrected chi connectivity index (χ0v) is 15.8. The largest absolute Gasteiger partial charge is 0.419 e. The van der Waals surface area contributed by atoms with Crippen LogP contribution in [-0.4, -0.2) is 33.2 Å². The Kier molecular flexibility index (Phi) is 4.28. The van der Waals surface area contributed by atoms with Gasteiger partial charge in [-0.25, -0.2) is 4.98 Å². The van der Waals surface area contributed by atoms with Gasteiger partial charge < -0.3 is 4.42 Å². The number of hydrogen-bond acceptors (Lipinski definition) is 7. The highest BCUT2D eigenvalue weighted by Gasteiger charge is 2.25. The van der Waals surface area contributed by atoms with E-state index in [2.05, 4.69) is 39.4 Å². The van der Waals surface area contributed by atoms with Crippen molar-refractivity contribution in [3.63, 3.8) is 0 Å². The lowest BCUT2D eigenvalue weighted by Crippen LogP contribution is -2.33. The molecule has 1 atom stereocenters. The number of nitrogens with zero attached hydrogens (tertiary/aromatic N) is 4. The summed E-state index contributed by atoms with van der Waals surface area (Å²) in [7, 11) is 0. The van der Waals surface area contributed by atoms with Crippen molar-refractivity contribution in [2.24, 2.45) is 0 Å². The molecule has 4 heterocycles. The van der Waals surface area contributed by atoms with Crippen LogP contribution < -0.4 is 0 Å². The molecule has 4 aromatic rings. The predicted molar refractivity (Wildman–Crippen MR) is 104 cm³/mol. The van der Waals surface area contributed by atoms with E-state index in [-0.39, 0.29) is 0 Å². The quantitative estimate of drug-likeness (QED) is 0.508. The van der Waals surface area contributed by atoms with Crippen LogP contribution in [0.25, 0.3) is 21.0 Å². The molecule has 5 nitrogen and oxygen atoms in total. The highest BCUT2D eigenvalue weighted by Crippen LogP contribution is 2.33. The summed E-state index contributed by atoms with van der Waals surface area (Å²) in [4.78, 5) is 8.29. The van der Waals surface area contributed by atoms with Gasteiger partial charge in [0.1, 0.15) is 0 Å². The van der Waals surface area contributed by atoms with E-state index >= 15 is 0 Å². The summed E-state index contributed by atoms with van der Waals surface area (Å²) in [5, 5.41) is 11.7. The third kappa shape index (κ3) is 3.18. The minimum atomic E-state index is 0.487. The molecule has 0 saturated carbocycles. The Hall–Kier alpha value is -2.09. The van der Waals surface area contributed by atoms with Gasteiger partial charge in [0.2, 0.25) is 5.89 Å². The van der Waals surface area contributed by atoms with Crippen LogP contribution in [0.4, 0.5) is 0 Å². The normalized spacial score (nSPS) is 18.5. The van der Waals surface area contributed by atoms with E-state index < -0.39 is 0 Å². The molecule has 0 N–H and O–H groups in total. The molecule has 0 spiro atoms. The van der Waals surface area contributed by atoms with Crippen molar-refractivity contribution in [2.75, 3.05) is 13.1 Å². The maximum atomic E-state index is 5.85. The van der Waals surface area contributed by atoms with Gasteiger partial charge in [-0.15, -0.1) is 32.9 Å². The van der Waals surface area contributed by atoms with E-state index in [0.717, 1.165) is 23.5 Å². The van der Waals surface area contributed by atoms with Crippen LogP contribution in [0.15, 0.2) is 46.2 Å². The summed E-state index contributed by atoms with van der Waals surface area (Å²) in [6, 6.07) is 12.4. The van der Waals surface area contributed by atoms with Crippen molar-refractivity contribution in [2.45, 2.75) is 25.3 Å². The summed E-state index contributed by atoms with van der Waals surface area (Å²) < 4.78 is 7.13. The van der Waals surface area contributed by atoms with Crippen LogP contribution in [-0.2, 0) is 6.54 Å². The fourth-order valence-electron chi connectivity index (χ4n) is 3.47. The lowest BCUT2D eigenvalue weighted by molar-refractivity contribution is 0.184. The fourth-order valence-corrected chi connectivity index (χ4v) is 5.21. The van der Waals surface area contributed by atoms with Crippen LogP contribution in [0.2, 0.25) is 0 Å². The van der Waals surface area contributed by atoms with Gasteiger partial charge in [0, 0.05) is 12.5 Å². The van der Waals surface area contributed by atoms with Crippen molar-refractivity contribution in [3.05, 3.63) is 52.7 Å². The molecule has 0 bridgehead atoms. The van der Waals surface area contributed by atoms with Gasteiger partial charge in [-0.3, -0.25) is 4.90 Å². The van der Waals surface area contributed by atoms with Crippen molar-refractivity contribution in [1.29, 1.82) is 0 Å². The number of hydrogen-bond donors (Lipinski definition) is 0. The number of aromatic nitrogens is 3. The smallest absolute Gasteiger partial charge is 0.257 e. The molecule has 7 heteroatoms. The molecule has 0 unspecified atom stereocenters. The number of thiazole rings is 1. The number of benzene rings is 1. The molecule has 132 valence electrons. The summed E-state index contributed by atoms with van der Waals surface area (Å²) >= 11 is 3.44. The van der Waals surface area contributed by atoms with Crippen LogP contribution in [0.5, 0.6) is 0 Å². The Bertz CT molecular complexity index is 975. The van der Waals surface area contributed by atoms with E-state index in [1.807, 2.05) is 28.8 Å². The molecule has 5 rings (SSSR count). The van der Waals surface area contributed by atoms with Gasteiger partial charge in [-0.1, -0.05) is 18.2 Å². The van der Waals surface area contributed by atoms with Gasteiger partial charge in [-0.2, -0.15) is 0 Å². The Balaban J connectivity index is 1.30. The maximum Gasteiger partial charge on any atom is 0.257 e. The lowest BCUT2D eigenvalue weighted by Gasteiger charge is -2.30. The minimum Gasteiger partial charge on any atom is -0.419 e. The summed E-state index contributed by atoms with van der Waals surface area (Å²) in [6.07, 6.45) is 2.37. The highest BCUT2D eigenvalue weighted by atomic mass is 32.1. The van der Waals surface area contributed by atoms with Crippen LogP contribution in [0.1, 0.15) is 29.7 Å². The second kappa shape index (κ2) is 6.90. The van der Waals surface area contributed by atoms with Crippen LogP contribution >= 0.6 is 22.7 Å². The average Bonchev–Trinajstić information content (AvgIpc) is 3.41. The summed E-state index contributed by atoms with van der Waals surface area (Å²) in [6.45, 7) is 2.77. The predicted octanol–water partition coefficient (Wildman–Crippen LogP) is 4.79. The van der Waals surface area contributed by atoms with Crippen molar-refractivity contribution in [1.82, 2.24) is 20.1 Å². The van der Waals surface area contributed by atoms with Crippen molar-refractivity contribution in [3.8, 4) is 10.8 Å². The van der Waals surface area contributed by atoms with Gasteiger partial charge >= 0.3 is 0 Å². The first-order valence-corrected chi connectivity index (χ1v) is 10.5. The lowest BCUT2D eigenvalue weighted by atomic mass is 9.99. The number of piperidine rings is 1. The molecule has 0 amide bonds. The molecular weight excluding hydrogens is 364 g/mol. The number of thiophene rings is 1. The zero-order valence-electron chi connectivity index (χ0n) is 14.2. The third-order valence-corrected chi connectivity index (χ3v) is 6.78. The zero-order chi connectivity index (χ0) is 17.3. The van der Waals surface area contributed by atoms with Gasteiger partial charge in [0.25, 0.3) is 5.89 Å². The molecule has 0 aliphatic carbocycles. The topological polar surface area (TPSA) is 55.1 Å². The minimum absolute atomic E-state index is 0.487. The van der Waals surface area contributed by atoms with Crippen LogP contribution in [0, 0.1) is 0 Å². The van der Waals surface area contributed by atoms with Crippen molar-refractivity contribution >= 4 is 32.9 Å². The molecule has 0 radical (unpaired) electrons. The number of likely N-dealkylation sites (tertiary alicyclic amines) is 1. The molecule has 1 aromatic carbocycles. The molecule has 3 aromatic heterocycles. The molecule has 1 saturated heterocycles. The fraction of sp³-hybridized carbons (Fsp3) is 0.316. The maximum absolute atomic E-state index is 5.85. The van der Waals surface area contributed by atoms with E-state index in [1.165, 1.54) is 22.5 Å². The first-order valence-electron chi connectivity index (χ1n) is 8.79. The van der Waals surface area contributed by atoms with Crippen LogP contribution in [0.3, 0.4) is 0 Å². The SMILES string of the molecule is c1csc(-c2nnc(CN3CCC[C@@H](c4nc5ccccc5s4)C3)o2)c1. The molecule has 1 fully saturated rings. The highest BCUT2D eigenvalue weighted by molar-refractivity contribution is 7.18. The molecular formula is C19H18N4OS2. The number of rotatable bonds is 4. The Morgan fingerprint density at radius 1 is 1.15 bits per heavy atom. The monoisotopic (exact) mass is 382 g/mol. The first-order chi connectivity index (χ1) is 12.8. The van der Waals surface area contributed by atoms with E-state index in [4.69, 9.17) is 9.40 Å². The Morgan fingerprint density at radius 2 is 2.12 bits per heavy atom. The number of fused-ring (bicyclic) bond motifs is 1. The first kappa shape index (κ1) is 16.1. The second-order valence-corrected chi connectivity index (χ2v) is 8.58.